The fraction of sp³-hybridized carbons (Fsp3) is 0.481. The number of rotatable bonds is 6. The molecule has 180 valence electrons. The molecule has 2 unspecified atom stereocenters. The van der Waals surface area contributed by atoms with Crippen LogP contribution in [0.1, 0.15) is 40.7 Å². The molecule has 1 saturated carbocycles. The van der Waals surface area contributed by atoms with E-state index < -0.39 is 6.04 Å². The number of carbonyl (C=O) groups excluding carboxylic acids is 2. The zero-order chi connectivity index (χ0) is 23.7. The van der Waals surface area contributed by atoms with Gasteiger partial charge in [0.15, 0.2) is 0 Å². The van der Waals surface area contributed by atoms with Crippen molar-refractivity contribution < 1.29 is 14.0 Å². The first-order valence-corrected chi connectivity index (χ1v) is 12.4. The number of piperazine rings is 1. The van der Waals surface area contributed by atoms with Crippen LogP contribution in [0.4, 0.5) is 4.39 Å². The summed E-state index contributed by atoms with van der Waals surface area (Å²) >= 11 is 0. The molecular formula is C27H33FN4O2. The van der Waals surface area contributed by atoms with E-state index in [-0.39, 0.29) is 23.7 Å². The third-order valence-electron chi connectivity index (χ3n) is 7.32. The summed E-state index contributed by atoms with van der Waals surface area (Å²) in [5, 5.41) is 3.30. The number of nitrogens with one attached hydrogen (secondary N) is 1. The van der Waals surface area contributed by atoms with E-state index in [4.69, 9.17) is 0 Å². The van der Waals surface area contributed by atoms with E-state index in [1.165, 1.54) is 12.1 Å². The Bertz CT molecular complexity index is 1020. The average molecular weight is 465 g/mol. The predicted molar refractivity (Wildman–Crippen MR) is 129 cm³/mol. The quantitative estimate of drug-likeness (QED) is 0.715. The van der Waals surface area contributed by atoms with E-state index in [2.05, 4.69) is 10.2 Å². The first-order chi connectivity index (χ1) is 16.5. The van der Waals surface area contributed by atoms with Gasteiger partial charge in [-0.3, -0.25) is 14.5 Å². The molecule has 3 fully saturated rings. The summed E-state index contributed by atoms with van der Waals surface area (Å²) < 4.78 is 13.4. The molecule has 3 aliphatic rings. The number of hydrogen-bond acceptors (Lipinski definition) is 4. The number of benzene rings is 2. The average Bonchev–Trinajstić information content (AvgIpc) is 3.61. The highest BCUT2D eigenvalue weighted by atomic mass is 19.1. The lowest BCUT2D eigenvalue weighted by Gasteiger charge is -2.32. The van der Waals surface area contributed by atoms with Crippen molar-refractivity contribution in [1.29, 1.82) is 0 Å². The molecule has 5 rings (SSSR count). The summed E-state index contributed by atoms with van der Waals surface area (Å²) in [6, 6.07) is 14.4. The molecule has 1 N–H and O–H groups in total. The van der Waals surface area contributed by atoms with Crippen LogP contribution in [0.2, 0.25) is 0 Å². The van der Waals surface area contributed by atoms with Crippen molar-refractivity contribution in [1.82, 2.24) is 20.0 Å². The molecule has 2 amide bonds. The Kier molecular flexibility index (Phi) is 6.66. The molecule has 34 heavy (non-hydrogen) atoms. The van der Waals surface area contributed by atoms with Gasteiger partial charge in [-0.1, -0.05) is 29.8 Å². The molecule has 2 aromatic carbocycles. The van der Waals surface area contributed by atoms with Crippen LogP contribution in [-0.4, -0.2) is 77.4 Å². The maximum atomic E-state index is 13.6. The number of carbonyl (C=O) groups is 2. The van der Waals surface area contributed by atoms with E-state index in [1.54, 1.807) is 4.90 Å². The Balaban J connectivity index is 1.39. The Morgan fingerprint density at radius 2 is 1.68 bits per heavy atom. The largest absolute Gasteiger partial charge is 0.338 e. The number of hydrogen-bond donors (Lipinski definition) is 1. The Hall–Kier alpha value is -2.77. The van der Waals surface area contributed by atoms with Crippen LogP contribution in [-0.2, 0) is 11.3 Å². The first kappa shape index (κ1) is 23.0. The van der Waals surface area contributed by atoms with Crippen molar-refractivity contribution in [3.63, 3.8) is 0 Å². The van der Waals surface area contributed by atoms with Gasteiger partial charge in [0, 0.05) is 56.9 Å². The number of halogens is 1. The van der Waals surface area contributed by atoms with Crippen LogP contribution in [0, 0.1) is 12.7 Å². The topological polar surface area (TPSA) is 55.9 Å². The summed E-state index contributed by atoms with van der Waals surface area (Å²) in [5.74, 6) is -0.255. The lowest BCUT2D eigenvalue weighted by Crippen LogP contribution is -2.53. The Morgan fingerprint density at radius 3 is 2.32 bits per heavy atom. The lowest BCUT2D eigenvalue weighted by molar-refractivity contribution is -0.135. The molecule has 7 heteroatoms. The summed E-state index contributed by atoms with van der Waals surface area (Å²) in [6.45, 7) is 6.16. The standard InChI is InChI=1S/C27H33FN4O2/c1-19-2-6-21(7-3-19)26(33)32-18-24(16-25(32)27(34)30-14-12-29-13-15-30)31(23-10-11-23)17-20-4-8-22(28)9-5-20/h2-9,23-25,29H,10-18H2,1H3. The monoisotopic (exact) mass is 464 g/mol. The van der Waals surface area contributed by atoms with Gasteiger partial charge in [0.25, 0.3) is 5.91 Å². The van der Waals surface area contributed by atoms with E-state index in [0.29, 0.717) is 44.2 Å². The van der Waals surface area contributed by atoms with Crippen LogP contribution in [0.25, 0.3) is 0 Å². The zero-order valence-corrected chi connectivity index (χ0v) is 19.8. The summed E-state index contributed by atoms with van der Waals surface area (Å²) in [6.07, 6.45) is 2.89. The minimum atomic E-state index is -0.452. The van der Waals surface area contributed by atoms with E-state index >= 15 is 0 Å². The third kappa shape index (κ3) is 5.00. The molecule has 6 nitrogen and oxygen atoms in total. The SMILES string of the molecule is Cc1ccc(C(=O)N2CC(N(Cc3ccc(F)cc3)C3CC3)CC2C(=O)N2CCNCC2)cc1. The molecule has 2 aromatic rings. The molecule has 2 aliphatic heterocycles. The molecule has 0 bridgehead atoms. The maximum Gasteiger partial charge on any atom is 0.254 e. The molecule has 0 radical (unpaired) electrons. The minimum Gasteiger partial charge on any atom is -0.338 e. The van der Waals surface area contributed by atoms with Gasteiger partial charge in [-0.25, -0.2) is 4.39 Å². The first-order valence-electron chi connectivity index (χ1n) is 12.4. The number of aryl methyl sites for hydroxylation is 1. The van der Waals surface area contributed by atoms with E-state index in [1.807, 2.05) is 48.2 Å². The summed E-state index contributed by atoms with van der Waals surface area (Å²) in [5.41, 5.74) is 2.78. The van der Waals surface area contributed by atoms with Gasteiger partial charge in [0.2, 0.25) is 5.91 Å². The van der Waals surface area contributed by atoms with Gasteiger partial charge in [-0.05, 0) is 56.0 Å². The van der Waals surface area contributed by atoms with Crippen LogP contribution in [0.3, 0.4) is 0 Å². The highest BCUT2D eigenvalue weighted by Crippen LogP contribution is 2.35. The molecule has 1 aliphatic carbocycles. The molecule has 2 atom stereocenters. The maximum absolute atomic E-state index is 13.6. The molecule has 0 spiro atoms. The molecule has 2 saturated heterocycles. The van der Waals surface area contributed by atoms with Gasteiger partial charge in [-0.2, -0.15) is 0 Å². The lowest BCUT2D eigenvalue weighted by atomic mass is 10.1. The second kappa shape index (κ2) is 9.84. The van der Waals surface area contributed by atoms with Crippen LogP contribution in [0.15, 0.2) is 48.5 Å². The second-order valence-corrected chi connectivity index (χ2v) is 9.83. The van der Waals surface area contributed by atoms with Crippen molar-refractivity contribution in [3.8, 4) is 0 Å². The Morgan fingerprint density at radius 1 is 1.00 bits per heavy atom. The fourth-order valence-electron chi connectivity index (χ4n) is 5.23. The zero-order valence-electron chi connectivity index (χ0n) is 19.8. The predicted octanol–water partition coefficient (Wildman–Crippen LogP) is 2.81. The second-order valence-electron chi connectivity index (χ2n) is 9.83. The van der Waals surface area contributed by atoms with E-state index in [9.17, 15) is 14.0 Å². The Labute approximate surface area is 200 Å². The molecular weight excluding hydrogens is 431 g/mol. The highest BCUT2D eigenvalue weighted by molar-refractivity contribution is 5.98. The molecule has 0 aromatic heterocycles. The smallest absolute Gasteiger partial charge is 0.254 e. The number of nitrogens with zero attached hydrogens (tertiary/aromatic N) is 3. The van der Waals surface area contributed by atoms with Crippen LogP contribution in [0.5, 0.6) is 0 Å². The number of amides is 2. The fourth-order valence-corrected chi connectivity index (χ4v) is 5.23. The van der Waals surface area contributed by atoms with Crippen LogP contribution < -0.4 is 5.32 Å². The highest BCUT2D eigenvalue weighted by Gasteiger charge is 2.46. The van der Waals surface area contributed by atoms with Gasteiger partial charge in [0.05, 0.1) is 0 Å². The van der Waals surface area contributed by atoms with Crippen molar-refractivity contribution in [3.05, 3.63) is 71.0 Å². The molecule has 2 heterocycles. The van der Waals surface area contributed by atoms with Gasteiger partial charge >= 0.3 is 0 Å². The third-order valence-corrected chi connectivity index (χ3v) is 7.32. The summed E-state index contributed by atoms with van der Waals surface area (Å²) in [4.78, 5) is 33.3. The summed E-state index contributed by atoms with van der Waals surface area (Å²) in [7, 11) is 0. The number of likely N-dealkylation sites (tertiary alicyclic amines) is 1. The normalized spacial score (nSPS) is 22.9. The van der Waals surface area contributed by atoms with Crippen molar-refractivity contribution in [2.75, 3.05) is 32.7 Å². The van der Waals surface area contributed by atoms with Gasteiger partial charge in [-0.15, -0.1) is 0 Å². The van der Waals surface area contributed by atoms with Crippen LogP contribution >= 0.6 is 0 Å². The van der Waals surface area contributed by atoms with Crippen molar-refractivity contribution in [2.45, 2.75) is 50.9 Å². The van der Waals surface area contributed by atoms with Crippen molar-refractivity contribution in [2.24, 2.45) is 0 Å². The van der Waals surface area contributed by atoms with E-state index in [0.717, 1.165) is 37.1 Å². The minimum absolute atomic E-state index is 0.0574. The van der Waals surface area contributed by atoms with Gasteiger partial charge < -0.3 is 15.1 Å². The van der Waals surface area contributed by atoms with Crippen molar-refractivity contribution >= 4 is 11.8 Å². The van der Waals surface area contributed by atoms with Gasteiger partial charge in [0.1, 0.15) is 11.9 Å².